The van der Waals surface area contributed by atoms with E-state index in [0.717, 1.165) is 24.8 Å². The van der Waals surface area contributed by atoms with Gasteiger partial charge in [-0.15, -0.1) is 0 Å². The van der Waals surface area contributed by atoms with E-state index in [9.17, 15) is 13.2 Å². The number of hydrogen-bond donors (Lipinski definition) is 2. The van der Waals surface area contributed by atoms with Crippen LogP contribution < -0.4 is 10.0 Å². The Hall–Kier alpha value is -1.56. The number of benzene rings is 1. The highest BCUT2D eigenvalue weighted by Gasteiger charge is 2.16. The van der Waals surface area contributed by atoms with Crippen LogP contribution in [0.4, 0.5) is 4.79 Å². The van der Waals surface area contributed by atoms with Crippen LogP contribution in [0.25, 0.3) is 0 Å². The Kier molecular flexibility index (Phi) is 5.82. The van der Waals surface area contributed by atoms with Gasteiger partial charge in [-0.1, -0.05) is 37.5 Å². The van der Waals surface area contributed by atoms with E-state index >= 15 is 0 Å². The minimum atomic E-state index is -3.78. The molecule has 1 rings (SSSR count). The number of urea groups is 1. The van der Waals surface area contributed by atoms with Crippen molar-refractivity contribution in [3.8, 4) is 0 Å². The zero-order chi connectivity index (χ0) is 14.3. The minimum Gasteiger partial charge on any atom is -0.337 e. The lowest BCUT2D eigenvalue weighted by Crippen LogP contribution is -2.39. The largest absolute Gasteiger partial charge is 0.337 e. The lowest BCUT2D eigenvalue weighted by atomic mass is 10.2. The maximum atomic E-state index is 11.9. The topological polar surface area (TPSA) is 75.3 Å². The Morgan fingerprint density at radius 2 is 1.79 bits per heavy atom. The van der Waals surface area contributed by atoms with Crippen molar-refractivity contribution in [3.63, 3.8) is 0 Å². The van der Waals surface area contributed by atoms with Crippen LogP contribution in [0.1, 0.15) is 31.7 Å². The Morgan fingerprint density at radius 3 is 2.37 bits per heavy atom. The summed E-state index contributed by atoms with van der Waals surface area (Å²) in [4.78, 5) is 11.5. The third-order valence-electron chi connectivity index (χ3n) is 2.62. The number of amides is 2. The van der Waals surface area contributed by atoms with Crippen molar-refractivity contribution in [2.45, 2.75) is 38.0 Å². The first-order chi connectivity index (χ1) is 8.95. The van der Waals surface area contributed by atoms with Crippen LogP contribution in [0.15, 0.2) is 29.2 Å². The SMILES string of the molecule is CCCCCNC(=O)NS(=O)(=O)c1ccc(C)cc1. The zero-order valence-electron chi connectivity index (χ0n) is 11.3. The predicted molar refractivity (Wildman–Crippen MR) is 74.4 cm³/mol. The summed E-state index contributed by atoms with van der Waals surface area (Å²) in [5.41, 5.74) is 0.961. The van der Waals surface area contributed by atoms with Gasteiger partial charge in [0.05, 0.1) is 4.90 Å². The second-order valence-electron chi connectivity index (χ2n) is 4.38. The molecule has 0 radical (unpaired) electrons. The minimum absolute atomic E-state index is 0.0850. The first-order valence-corrected chi connectivity index (χ1v) is 7.81. The standard InChI is InChI=1S/C13H20N2O3S/c1-3-4-5-10-14-13(16)15-19(17,18)12-8-6-11(2)7-9-12/h6-9H,3-5,10H2,1-2H3,(H2,14,15,16). The van der Waals surface area contributed by atoms with E-state index in [1.807, 2.05) is 11.6 Å². The summed E-state index contributed by atoms with van der Waals surface area (Å²) in [6.45, 7) is 4.40. The van der Waals surface area contributed by atoms with E-state index in [-0.39, 0.29) is 4.90 Å². The van der Waals surface area contributed by atoms with Crippen molar-refractivity contribution in [3.05, 3.63) is 29.8 Å². The van der Waals surface area contributed by atoms with Crippen molar-refractivity contribution < 1.29 is 13.2 Å². The van der Waals surface area contributed by atoms with Crippen LogP contribution >= 0.6 is 0 Å². The van der Waals surface area contributed by atoms with Crippen molar-refractivity contribution in [2.24, 2.45) is 0 Å². The second-order valence-corrected chi connectivity index (χ2v) is 6.06. The predicted octanol–water partition coefficient (Wildman–Crippen LogP) is 2.17. The Labute approximate surface area is 114 Å². The molecule has 0 aromatic heterocycles. The molecule has 0 saturated carbocycles. The quantitative estimate of drug-likeness (QED) is 0.786. The summed E-state index contributed by atoms with van der Waals surface area (Å²) in [6, 6.07) is 5.64. The monoisotopic (exact) mass is 284 g/mol. The Bertz CT molecular complexity index is 509. The number of unbranched alkanes of at least 4 members (excludes halogenated alkanes) is 2. The van der Waals surface area contributed by atoms with Crippen molar-refractivity contribution in [1.82, 2.24) is 10.0 Å². The summed E-state index contributed by atoms with van der Waals surface area (Å²) < 4.78 is 25.7. The van der Waals surface area contributed by atoms with E-state index in [4.69, 9.17) is 0 Å². The fourth-order valence-corrected chi connectivity index (χ4v) is 2.44. The van der Waals surface area contributed by atoms with Gasteiger partial charge in [-0.05, 0) is 25.5 Å². The van der Waals surface area contributed by atoms with Crippen molar-refractivity contribution in [1.29, 1.82) is 0 Å². The third-order valence-corrected chi connectivity index (χ3v) is 3.97. The van der Waals surface area contributed by atoms with Gasteiger partial charge >= 0.3 is 6.03 Å². The number of nitrogens with one attached hydrogen (secondary N) is 2. The van der Waals surface area contributed by atoms with Gasteiger partial charge in [0, 0.05) is 6.54 Å². The van der Waals surface area contributed by atoms with E-state index < -0.39 is 16.1 Å². The molecule has 1 aromatic carbocycles. The van der Waals surface area contributed by atoms with Gasteiger partial charge < -0.3 is 5.32 Å². The van der Waals surface area contributed by atoms with Crippen LogP contribution in [0.3, 0.4) is 0 Å². The molecule has 2 N–H and O–H groups in total. The Balaban J connectivity index is 2.55. The third kappa shape index (κ3) is 5.30. The van der Waals surface area contributed by atoms with Crippen molar-refractivity contribution in [2.75, 3.05) is 6.54 Å². The average Bonchev–Trinajstić information content (AvgIpc) is 2.34. The molecule has 0 saturated heterocycles. The molecule has 0 spiro atoms. The van der Waals surface area contributed by atoms with E-state index in [1.165, 1.54) is 12.1 Å². The lowest BCUT2D eigenvalue weighted by molar-refractivity contribution is 0.245. The highest BCUT2D eigenvalue weighted by atomic mass is 32.2. The fourth-order valence-electron chi connectivity index (χ4n) is 1.51. The van der Waals surface area contributed by atoms with Crippen LogP contribution in [-0.4, -0.2) is 21.0 Å². The van der Waals surface area contributed by atoms with Crippen LogP contribution in [0.2, 0.25) is 0 Å². The van der Waals surface area contributed by atoms with Gasteiger partial charge in [0.1, 0.15) is 0 Å². The number of aryl methyl sites for hydroxylation is 1. The lowest BCUT2D eigenvalue weighted by Gasteiger charge is -2.08. The molecule has 0 fully saturated rings. The summed E-state index contributed by atoms with van der Waals surface area (Å²) in [5, 5.41) is 2.53. The molecule has 2 amide bonds. The summed E-state index contributed by atoms with van der Waals surface area (Å²) in [6.07, 6.45) is 2.89. The van der Waals surface area contributed by atoms with Gasteiger partial charge in [-0.2, -0.15) is 0 Å². The summed E-state index contributed by atoms with van der Waals surface area (Å²) in [7, 11) is -3.78. The number of carbonyl (C=O) groups is 1. The molecule has 5 nitrogen and oxygen atoms in total. The number of rotatable bonds is 6. The average molecular weight is 284 g/mol. The smallest absolute Gasteiger partial charge is 0.328 e. The van der Waals surface area contributed by atoms with Crippen LogP contribution in [0, 0.1) is 6.92 Å². The molecule has 106 valence electrons. The summed E-state index contributed by atoms with van der Waals surface area (Å²) >= 11 is 0. The van der Waals surface area contributed by atoms with Gasteiger partial charge in [0.25, 0.3) is 10.0 Å². The van der Waals surface area contributed by atoms with Gasteiger partial charge in [0.2, 0.25) is 0 Å². The maximum absolute atomic E-state index is 11.9. The van der Waals surface area contributed by atoms with E-state index in [0.29, 0.717) is 6.54 Å². The number of sulfonamides is 1. The summed E-state index contributed by atoms with van der Waals surface area (Å²) in [5.74, 6) is 0. The van der Waals surface area contributed by atoms with Gasteiger partial charge in [-0.3, -0.25) is 0 Å². The van der Waals surface area contributed by atoms with Crippen LogP contribution in [0.5, 0.6) is 0 Å². The highest BCUT2D eigenvalue weighted by Crippen LogP contribution is 2.09. The molecule has 0 atom stereocenters. The molecule has 0 aliphatic rings. The normalized spacial score (nSPS) is 11.1. The molecule has 0 aliphatic carbocycles. The highest BCUT2D eigenvalue weighted by molar-refractivity contribution is 7.90. The van der Waals surface area contributed by atoms with Gasteiger partial charge in [-0.25, -0.2) is 17.9 Å². The zero-order valence-corrected chi connectivity index (χ0v) is 12.1. The number of hydrogen-bond acceptors (Lipinski definition) is 3. The first-order valence-electron chi connectivity index (χ1n) is 6.33. The molecule has 0 bridgehead atoms. The van der Waals surface area contributed by atoms with E-state index in [1.54, 1.807) is 12.1 Å². The Morgan fingerprint density at radius 1 is 1.16 bits per heavy atom. The fraction of sp³-hybridized carbons (Fsp3) is 0.462. The van der Waals surface area contributed by atoms with Crippen LogP contribution in [-0.2, 0) is 10.0 Å². The van der Waals surface area contributed by atoms with Gasteiger partial charge in [0.15, 0.2) is 0 Å². The first kappa shape index (κ1) is 15.5. The molecule has 0 unspecified atom stereocenters. The molecule has 6 heteroatoms. The molecule has 1 aromatic rings. The maximum Gasteiger partial charge on any atom is 0.328 e. The number of carbonyl (C=O) groups excluding carboxylic acids is 1. The molecule has 19 heavy (non-hydrogen) atoms. The molecular formula is C13H20N2O3S. The second kappa shape index (κ2) is 7.13. The molecule has 0 aliphatic heterocycles. The van der Waals surface area contributed by atoms with Crippen molar-refractivity contribution >= 4 is 16.1 Å². The molecule has 0 heterocycles. The molecular weight excluding hydrogens is 264 g/mol. The van der Waals surface area contributed by atoms with E-state index in [2.05, 4.69) is 12.2 Å².